The number of nitrogens with one attached hydrogen (secondary N) is 1. The molecule has 1 fully saturated rings. The molecule has 16 heavy (non-hydrogen) atoms. The average Bonchev–Trinajstić information content (AvgIpc) is 2.76. The van der Waals surface area contributed by atoms with Gasteiger partial charge in [0.15, 0.2) is 0 Å². The van der Waals surface area contributed by atoms with E-state index in [1.54, 1.807) is 6.08 Å². The molecule has 0 aromatic carbocycles. The maximum Gasteiger partial charge on any atom is 0.331 e. The van der Waals surface area contributed by atoms with E-state index >= 15 is 0 Å². The first kappa shape index (κ1) is 13.2. The minimum Gasteiger partial charge on any atom is -0.478 e. The number of rotatable bonds is 6. The Morgan fingerprint density at radius 2 is 2.12 bits per heavy atom. The molecule has 0 saturated heterocycles. The molecule has 3 heteroatoms. The van der Waals surface area contributed by atoms with E-state index in [0.717, 1.165) is 5.92 Å². The molecule has 3 nitrogen and oxygen atoms in total. The summed E-state index contributed by atoms with van der Waals surface area (Å²) in [5.41, 5.74) is 0.506. The van der Waals surface area contributed by atoms with Crippen molar-refractivity contribution >= 4 is 5.97 Å². The summed E-state index contributed by atoms with van der Waals surface area (Å²) in [4.78, 5) is 10.8. The van der Waals surface area contributed by atoms with Gasteiger partial charge in [-0.2, -0.15) is 0 Å². The SMILES string of the molecule is CCC(=CCN[C@@H](C)C1CCCC1)C(=O)O. The van der Waals surface area contributed by atoms with Crippen molar-refractivity contribution in [2.24, 2.45) is 5.92 Å². The molecular formula is C13H23NO2. The van der Waals surface area contributed by atoms with Gasteiger partial charge < -0.3 is 10.4 Å². The minimum atomic E-state index is -0.794. The summed E-state index contributed by atoms with van der Waals surface area (Å²) in [6.07, 6.45) is 7.72. The van der Waals surface area contributed by atoms with Gasteiger partial charge in [0, 0.05) is 18.2 Å². The van der Waals surface area contributed by atoms with Crippen molar-refractivity contribution in [1.82, 2.24) is 5.32 Å². The number of hydrogen-bond donors (Lipinski definition) is 2. The third-order valence-corrected chi connectivity index (χ3v) is 3.55. The van der Waals surface area contributed by atoms with Crippen LogP contribution in [0, 0.1) is 5.92 Å². The summed E-state index contributed by atoms with van der Waals surface area (Å²) in [6.45, 7) is 4.75. The second kappa shape index (κ2) is 6.69. The predicted molar refractivity (Wildman–Crippen MR) is 65.4 cm³/mol. The lowest BCUT2D eigenvalue weighted by molar-refractivity contribution is -0.132. The molecule has 0 aromatic rings. The predicted octanol–water partition coefficient (Wildman–Crippen LogP) is 2.58. The van der Waals surface area contributed by atoms with Crippen molar-refractivity contribution in [3.8, 4) is 0 Å². The first-order chi connectivity index (χ1) is 7.65. The molecule has 0 radical (unpaired) electrons. The molecule has 0 bridgehead atoms. The molecule has 0 amide bonds. The largest absolute Gasteiger partial charge is 0.478 e. The van der Waals surface area contributed by atoms with E-state index in [9.17, 15) is 4.79 Å². The number of carboxylic acid groups (broad SMARTS) is 1. The molecule has 1 aliphatic rings. The van der Waals surface area contributed by atoms with Crippen molar-refractivity contribution in [1.29, 1.82) is 0 Å². The van der Waals surface area contributed by atoms with E-state index in [0.29, 0.717) is 24.6 Å². The first-order valence-electron chi connectivity index (χ1n) is 6.30. The average molecular weight is 225 g/mol. The van der Waals surface area contributed by atoms with Crippen LogP contribution in [-0.2, 0) is 4.79 Å². The maximum absolute atomic E-state index is 10.8. The highest BCUT2D eigenvalue weighted by Gasteiger charge is 2.20. The summed E-state index contributed by atoms with van der Waals surface area (Å²) < 4.78 is 0. The summed E-state index contributed by atoms with van der Waals surface area (Å²) in [6, 6.07) is 0.505. The molecular weight excluding hydrogens is 202 g/mol. The molecule has 0 aliphatic heterocycles. The molecule has 2 N–H and O–H groups in total. The number of carboxylic acids is 1. The third kappa shape index (κ3) is 3.97. The molecule has 0 unspecified atom stereocenters. The van der Waals surface area contributed by atoms with Gasteiger partial charge >= 0.3 is 5.97 Å². The quantitative estimate of drug-likeness (QED) is 0.683. The van der Waals surface area contributed by atoms with Crippen molar-refractivity contribution in [3.63, 3.8) is 0 Å². The Morgan fingerprint density at radius 1 is 1.50 bits per heavy atom. The minimum absolute atomic E-state index is 0.505. The summed E-state index contributed by atoms with van der Waals surface area (Å²) in [5.74, 6) is -0.0128. The van der Waals surface area contributed by atoms with Gasteiger partial charge in [-0.25, -0.2) is 4.79 Å². The summed E-state index contributed by atoms with van der Waals surface area (Å²) in [7, 11) is 0. The second-order valence-electron chi connectivity index (χ2n) is 4.63. The molecule has 1 saturated carbocycles. The Balaban J connectivity index is 2.30. The standard InChI is InChI=1S/C13H23NO2/c1-3-11(13(15)16)8-9-14-10(2)12-6-4-5-7-12/h8,10,12,14H,3-7,9H2,1-2H3,(H,15,16)/t10-/m0/s1. The van der Waals surface area contributed by atoms with E-state index in [1.807, 2.05) is 6.92 Å². The fourth-order valence-corrected chi connectivity index (χ4v) is 2.37. The highest BCUT2D eigenvalue weighted by molar-refractivity contribution is 5.86. The van der Waals surface area contributed by atoms with Gasteiger partial charge in [0.25, 0.3) is 0 Å². The molecule has 1 rings (SSSR count). The molecule has 92 valence electrons. The zero-order valence-electron chi connectivity index (χ0n) is 10.3. The lowest BCUT2D eigenvalue weighted by atomic mass is 10.00. The third-order valence-electron chi connectivity index (χ3n) is 3.55. The Hall–Kier alpha value is -0.830. The Labute approximate surface area is 97.9 Å². The van der Waals surface area contributed by atoms with Crippen molar-refractivity contribution in [2.75, 3.05) is 6.54 Å². The number of hydrogen-bond acceptors (Lipinski definition) is 2. The van der Waals surface area contributed by atoms with Gasteiger partial charge in [-0.1, -0.05) is 25.8 Å². The highest BCUT2D eigenvalue weighted by atomic mass is 16.4. The zero-order chi connectivity index (χ0) is 12.0. The molecule has 0 heterocycles. The molecule has 1 atom stereocenters. The van der Waals surface area contributed by atoms with Crippen LogP contribution in [0.3, 0.4) is 0 Å². The van der Waals surface area contributed by atoms with Gasteiger partial charge in [-0.05, 0) is 32.1 Å². The fourth-order valence-electron chi connectivity index (χ4n) is 2.37. The smallest absolute Gasteiger partial charge is 0.331 e. The van der Waals surface area contributed by atoms with E-state index in [1.165, 1.54) is 25.7 Å². The van der Waals surface area contributed by atoms with Crippen LogP contribution in [0.5, 0.6) is 0 Å². The van der Waals surface area contributed by atoms with Gasteiger partial charge in [0.2, 0.25) is 0 Å². The van der Waals surface area contributed by atoms with Gasteiger partial charge in [0.1, 0.15) is 0 Å². The Bertz CT molecular complexity index is 255. The topological polar surface area (TPSA) is 49.3 Å². The van der Waals surface area contributed by atoms with Crippen LogP contribution in [0.2, 0.25) is 0 Å². The molecule has 0 aromatic heterocycles. The Kier molecular flexibility index (Phi) is 5.53. The van der Waals surface area contributed by atoms with E-state index in [4.69, 9.17) is 5.11 Å². The second-order valence-corrected chi connectivity index (χ2v) is 4.63. The zero-order valence-corrected chi connectivity index (χ0v) is 10.3. The summed E-state index contributed by atoms with van der Waals surface area (Å²) >= 11 is 0. The van der Waals surface area contributed by atoms with Crippen molar-refractivity contribution < 1.29 is 9.90 Å². The maximum atomic E-state index is 10.8. The van der Waals surface area contributed by atoms with E-state index < -0.39 is 5.97 Å². The van der Waals surface area contributed by atoms with Crippen LogP contribution in [0.25, 0.3) is 0 Å². The molecule has 0 spiro atoms. The van der Waals surface area contributed by atoms with E-state index in [2.05, 4.69) is 12.2 Å². The normalized spacial score (nSPS) is 20.0. The van der Waals surface area contributed by atoms with Crippen LogP contribution in [0.4, 0.5) is 0 Å². The van der Waals surface area contributed by atoms with Gasteiger partial charge in [-0.15, -0.1) is 0 Å². The monoisotopic (exact) mass is 225 g/mol. The number of carbonyl (C=O) groups is 1. The number of aliphatic carboxylic acids is 1. The van der Waals surface area contributed by atoms with Gasteiger partial charge in [0.05, 0.1) is 0 Å². The van der Waals surface area contributed by atoms with Crippen LogP contribution in [0.15, 0.2) is 11.6 Å². The summed E-state index contributed by atoms with van der Waals surface area (Å²) in [5, 5.41) is 12.3. The van der Waals surface area contributed by atoms with E-state index in [-0.39, 0.29) is 0 Å². The van der Waals surface area contributed by atoms with Crippen LogP contribution >= 0.6 is 0 Å². The van der Waals surface area contributed by atoms with Gasteiger partial charge in [-0.3, -0.25) is 0 Å². The fraction of sp³-hybridized carbons (Fsp3) is 0.769. The molecule has 1 aliphatic carbocycles. The van der Waals surface area contributed by atoms with Crippen LogP contribution in [0.1, 0.15) is 46.0 Å². The Morgan fingerprint density at radius 3 is 2.62 bits per heavy atom. The first-order valence-corrected chi connectivity index (χ1v) is 6.30. The van der Waals surface area contributed by atoms with Crippen LogP contribution < -0.4 is 5.32 Å². The highest BCUT2D eigenvalue weighted by Crippen LogP contribution is 2.27. The van der Waals surface area contributed by atoms with Crippen molar-refractivity contribution in [3.05, 3.63) is 11.6 Å². The van der Waals surface area contributed by atoms with Crippen LogP contribution in [-0.4, -0.2) is 23.7 Å². The van der Waals surface area contributed by atoms with Crippen molar-refractivity contribution in [2.45, 2.75) is 52.0 Å². The lowest BCUT2D eigenvalue weighted by Crippen LogP contribution is -2.32. The lowest BCUT2D eigenvalue weighted by Gasteiger charge is -2.19.